The van der Waals surface area contributed by atoms with Crippen LogP contribution in [0.2, 0.25) is 0 Å². The van der Waals surface area contributed by atoms with E-state index in [1.54, 1.807) is 6.07 Å². The monoisotopic (exact) mass is 279 g/mol. The Bertz CT molecular complexity index is 709. The van der Waals surface area contributed by atoms with Gasteiger partial charge in [-0.15, -0.1) is 0 Å². The quantitative estimate of drug-likeness (QED) is 0.829. The van der Waals surface area contributed by atoms with Crippen molar-refractivity contribution in [2.24, 2.45) is 5.73 Å². The lowest BCUT2D eigenvalue weighted by Gasteiger charge is -2.08. The van der Waals surface area contributed by atoms with Crippen molar-refractivity contribution in [3.05, 3.63) is 58.9 Å². The van der Waals surface area contributed by atoms with Crippen LogP contribution in [0.1, 0.15) is 27.3 Å². The number of benzene rings is 1. The highest BCUT2D eigenvalue weighted by Crippen LogP contribution is 2.13. The van der Waals surface area contributed by atoms with Crippen LogP contribution in [-0.2, 0) is 0 Å². The summed E-state index contributed by atoms with van der Waals surface area (Å²) in [5.74, 6) is 5.55. The summed E-state index contributed by atoms with van der Waals surface area (Å²) < 4.78 is 0. The molecule has 1 amide bonds. The molecule has 0 saturated heterocycles. The van der Waals surface area contributed by atoms with Crippen LogP contribution in [0, 0.1) is 25.7 Å². The molecule has 1 aromatic heterocycles. The number of aryl methyl sites for hydroxylation is 2. The largest absolute Gasteiger partial charge is 0.322 e. The SMILES string of the molecule is Cc1ccc(C(=O)Nc2ccc(C#CCN)cc2)c(C)n1. The Morgan fingerprint density at radius 2 is 1.90 bits per heavy atom. The number of carbonyl (C=O) groups excluding carboxylic acids is 1. The van der Waals surface area contributed by atoms with Crippen molar-refractivity contribution in [3.63, 3.8) is 0 Å². The third kappa shape index (κ3) is 3.91. The van der Waals surface area contributed by atoms with Crippen molar-refractivity contribution in [1.29, 1.82) is 0 Å². The molecule has 106 valence electrons. The van der Waals surface area contributed by atoms with Gasteiger partial charge in [0.2, 0.25) is 0 Å². The fraction of sp³-hybridized carbons (Fsp3) is 0.176. The number of nitrogens with one attached hydrogen (secondary N) is 1. The van der Waals surface area contributed by atoms with Gasteiger partial charge in [-0.25, -0.2) is 0 Å². The maximum Gasteiger partial charge on any atom is 0.257 e. The zero-order chi connectivity index (χ0) is 15.2. The summed E-state index contributed by atoms with van der Waals surface area (Å²) in [6, 6.07) is 10.9. The summed E-state index contributed by atoms with van der Waals surface area (Å²) >= 11 is 0. The zero-order valence-corrected chi connectivity index (χ0v) is 12.1. The van der Waals surface area contributed by atoms with E-state index in [1.807, 2.05) is 44.2 Å². The number of pyridine rings is 1. The van der Waals surface area contributed by atoms with E-state index in [1.165, 1.54) is 0 Å². The van der Waals surface area contributed by atoms with Crippen molar-refractivity contribution < 1.29 is 4.79 Å². The van der Waals surface area contributed by atoms with Crippen LogP contribution < -0.4 is 11.1 Å². The first-order chi connectivity index (χ1) is 10.1. The topological polar surface area (TPSA) is 68.0 Å². The molecule has 0 bridgehead atoms. The number of nitrogens with two attached hydrogens (primary N) is 1. The highest BCUT2D eigenvalue weighted by Gasteiger charge is 2.10. The average molecular weight is 279 g/mol. The Morgan fingerprint density at radius 1 is 1.19 bits per heavy atom. The molecule has 4 nitrogen and oxygen atoms in total. The summed E-state index contributed by atoms with van der Waals surface area (Å²) in [4.78, 5) is 16.5. The van der Waals surface area contributed by atoms with E-state index in [4.69, 9.17) is 5.73 Å². The standard InChI is InChI=1S/C17H17N3O/c1-12-5-10-16(13(2)19-12)17(21)20-15-8-6-14(7-9-15)4-3-11-18/h5-10H,11,18H2,1-2H3,(H,20,21). The van der Waals surface area contributed by atoms with Crippen molar-refractivity contribution in [2.75, 3.05) is 11.9 Å². The van der Waals surface area contributed by atoms with Gasteiger partial charge in [0.15, 0.2) is 0 Å². The Labute approximate surface area is 124 Å². The molecule has 0 aliphatic heterocycles. The number of aromatic nitrogens is 1. The molecule has 0 saturated carbocycles. The van der Waals surface area contributed by atoms with Crippen molar-refractivity contribution in [3.8, 4) is 11.8 Å². The first kappa shape index (κ1) is 14.8. The Hall–Kier alpha value is -2.64. The number of anilines is 1. The molecule has 0 aliphatic carbocycles. The van der Waals surface area contributed by atoms with Crippen LogP contribution in [-0.4, -0.2) is 17.4 Å². The second-order valence-electron chi connectivity index (χ2n) is 4.62. The molecule has 0 fully saturated rings. The van der Waals surface area contributed by atoms with Gasteiger partial charge in [0, 0.05) is 16.9 Å². The lowest BCUT2D eigenvalue weighted by Crippen LogP contribution is -2.14. The third-order valence-electron chi connectivity index (χ3n) is 2.95. The van der Waals surface area contributed by atoms with Crippen LogP contribution in [0.5, 0.6) is 0 Å². The molecular weight excluding hydrogens is 262 g/mol. The lowest BCUT2D eigenvalue weighted by molar-refractivity contribution is 0.102. The van der Waals surface area contributed by atoms with E-state index >= 15 is 0 Å². The fourth-order valence-corrected chi connectivity index (χ4v) is 1.91. The molecule has 0 radical (unpaired) electrons. The molecule has 1 aromatic carbocycles. The maximum absolute atomic E-state index is 12.2. The average Bonchev–Trinajstić information content (AvgIpc) is 2.46. The minimum absolute atomic E-state index is 0.166. The van der Waals surface area contributed by atoms with E-state index in [0.29, 0.717) is 12.1 Å². The molecular formula is C17H17N3O. The minimum Gasteiger partial charge on any atom is -0.322 e. The van der Waals surface area contributed by atoms with Gasteiger partial charge in [-0.2, -0.15) is 0 Å². The number of nitrogens with zero attached hydrogens (tertiary/aromatic N) is 1. The number of carbonyl (C=O) groups is 1. The van der Waals surface area contributed by atoms with E-state index in [9.17, 15) is 4.79 Å². The highest BCUT2D eigenvalue weighted by molar-refractivity contribution is 6.05. The molecule has 2 rings (SSSR count). The smallest absolute Gasteiger partial charge is 0.257 e. The molecule has 0 atom stereocenters. The fourth-order valence-electron chi connectivity index (χ4n) is 1.91. The predicted octanol–water partition coefficient (Wildman–Crippen LogP) is 2.26. The second-order valence-corrected chi connectivity index (χ2v) is 4.62. The van der Waals surface area contributed by atoms with Crippen molar-refractivity contribution in [2.45, 2.75) is 13.8 Å². The zero-order valence-electron chi connectivity index (χ0n) is 12.1. The second kappa shape index (κ2) is 6.69. The van der Waals surface area contributed by atoms with Crippen molar-refractivity contribution in [1.82, 2.24) is 4.98 Å². The summed E-state index contributed by atoms with van der Waals surface area (Å²) in [5, 5.41) is 2.85. The van der Waals surface area contributed by atoms with Gasteiger partial charge >= 0.3 is 0 Å². The van der Waals surface area contributed by atoms with Crippen LogP contribution >= 0.6 is 0 Å². The van der Waals surface area contributed by atoms with E-state index in [0.717, 1.165) is 22.6 Å². The van der Waals surface area contributed by atoms with Gasteiger partial charge < -0.3 is 11.1 Å². The van der Waals surface area contributed by atoms with Crippen molar-refractivity contribution >= 4 is 11.6 Å². The lowest BCUT2D eigenvalue weighted by atomic mass is 10.1. The van der Waals surface area contributed by atoms with Crippen LogP contribution in [0.15, 0.2) is 36.4 Å². The maximum atomic E-state index is 12.2. The van der Waals surface area contributed by atoms with E-state index in [2.05, 4.69) is 22.1 Å². The van der Waals surface area contributed by atoms with Gasteiger partial charge in [0.1, 0.15) is 0 Å². The van der Waals surface area contributed by atoms with E-state index < -0.39 is 0 Å². The molecule has 2 aromatic rings. The highest BCUT2D eigenvalue weighted by atomic mass is 16.1. The Kier molecular flexibility index (Phi) is 4.70. The van der Waals surface area contributed by atoms with Crippen LogP contribution in [0.25, 0.3) is 0 Å². The van der Waals surface area contributed by atoms with Gasteiger partial charge in [-0.1, -0.05) is 11.8 Å². The normalized spacial score (nSPS) is 9.67. The number of hydrogen-bond donors (Lipinski definition) is 2. The third-order valence-corrected chi connectivity index (χ3v) is 2.95. The molecule has 0 spiro atoms. The molecule has 4 heteroatoms. The summed E-state index contributed by atoms with van der Waals surface area (Å²) in [7, 11) is 0. The van der Waals surface area contributed by atoms with Crippen LogP contribution in [0.4, 0.5) is 5.69 Å². The van der Waals surface area contributed by atoms with E-state index in [-0.39, 0.29) is 5.91 Å². The Balaban J connectivity index is 2.12. The molecule has 21 heavy (non-hydrogen) atoms. The van der Waals surface area contributed by atoms with Gasteiger partial charge in [-0.05, 0) is 50.2 Å². The summed E-state index contributed by atoms with van der Waals surface area (Å²) in [5.41, 5.74) is 9.10. The minimum atomic E-state index is -0.166. The molecule has 1 heterocycles. The summed E-state index contributed by atoms with van der Waals surface area (Å²) in [6.07, 6.45) is 0. The van der Waals surface area contributed by atoms with Gasteiger partial charge in [0.05, 0.1) is 17.8 Å². The summed E-state index contributed by atoms with van der Waals surface area (Å²) in [6.45, 7) is 4.06. The first-order valence-corrected chi connectivity index (χ1v) is 6.65. The molecule has 3 N–H and O–H groups in total. The number of hydrogen-bond acceptors (Lipinski definition) is 3. The predicted molar refractivity (Wildman–Crippen MR) is 84.0 cm³/mol. The molecule has 0 aliphatic rings. The van der Waals surface area contributed by atoms with Crippen LogP contribution in [0.3, 0.4) is 0 Å². The number of rotatable bonds is 2. The Morgan fingerprint density at radius 3 is 2.52 bits per heavy atom. The number of amides is 1. The molecule has 0 unspecified atom stereocenters. The first-order valence-electron chi connectivity index (χ1n) is 6.65. The van der Waals surface area contributed by atoms with Gasteiger partial charge in [0.25, 0.3) is 5.91 Å². The van der Waals surface area contributed by atoms with Gasteiger partial charge in [-0.3, -0.25) is 9.78 Å².